The van der Waals surface area contributed by atoms with Crippen LogP contribution in [0.15, 0.2) is 84.9 Å². The summed E-state index contributed by atoms with van der Waals surface area (Å²) >= 11 is 0. The number of hydrogen-bond acceptors (Lipinski definition) is 3. The van der Waals surface area contributed by atoms with Gasteiger partial charge in [-0.15, -0.1) is 0 Å². The quantitative estimate of drug-likeness (QED) is 0.349. The van der Waals surface area contributed by atoms with Crippen molar-refractivity contribution in [2.75, 3.05) is 0 Å². The lowest BCUT2D eigenvalue weighted by atomic mass is 9.70. The Hall–Kier alpha value is -3.39. The summed E-state index contributed by atoms with van der Waals surface area (Å²) in [5, 5.41) is 20.5. The van der Waals surface area contributed by atoms with Crippen molar-refractivity contribution in [2.45, 2.75) is 0 Å². The lowest BCUT2D eigenvalue weighted by Crippen LogP contribution is -2.47. The fraction of sp³-hybridized carbons (Fsp3) is 0. The Morgan fingerprint density at radius 2 is 0.909 bits per heavy atom. The molecule has 0 spiro atoms. The average molecular weight is 450 g/mol. The zero-order valence-electron chi connectivity index (χ0n) is 17.1. The van der Waals surface area contributed by atoms with E-state index in [1.54, 1.807) is 12.1 Å². The van der Waals surface area contributed by atoms with Crippen LogP contribution < -0.4 is 10.9 Å². The summed E-state index contributed by atoms with van der Waals surface area (Å²) in [6.07, 6.45) is 0. The van der Waals surface area contributed by atoms with Crippen molar-refractivity contribution in [2.24, 2.45) is 0 Å². The van der Waals surface area contributed by atoms with Gasteiger partial charge in [-0.05, 0) is 58.7 Å². The molecule has 0 fully saturated rings. The van der Waals surface area contributed by atoms with Crippen LogP contribution in [0, 0.1) is 23.3 Å². The Morgan fingerprint density at radius 1 is 0.515 bits per heavy atom. The summed E-state index contributed by atoms with van der Waals surface area (Å²) in [4.78, 5) is 0. The van der Waals surface area contributed by atoms with Crippen molar-refractivity contribution in [3.63, 3.8) is 0 Å². The Balaban J connectivity index is 1.51. The van der Waals surface area contributed by atoms with Gasteiger partial charge in [-0.25, -0.2) is 17.6 Å². The second kappa shape index (κ2) is 9.62. The van der Waals surface area contributed by atoms with Crippen molar-refractivity contribution in [3.05, 3.63) is 108 Å². The van der Waals surface area contributed by atoms with E-state index in [-0.39, 0.29) is 10.9 Å². The molecule has 4 aromatic carbocycles. The van der Waals surface area contributed by atoms with Crippen molar-refractivity contribution >= 4 is 25.2 Å². The molecule has 33 heavy (non-hydrogen) atoms. The number of hydrogen-bond donors (Lipinski definition) is 2. The Labute approximate surface area is 188 Å². The fourth-order valence-corrected chi connectivity index (χ4v) is 3.42. The highest BCUT2D eigenvalue weighted by Gasteiger charge is 2.30. The molecule has 9 heteroatoms. The molecule has 0 saturated heterocycles. The topological polar surface area (TPSA) is 49.7 Å². The van der Waals surface area contributed by atoms with Crippen LogP contribution in [0.2, 0.25) is 0 Å². The van der Waals surface area contributed by atoms with Crippen LogP contribution in [0.4, 0.5) is 17.6 Å². The van der Waals surface area contributed by atoms with Crippen LogP contribution >= 0.6 is 0 Å². The first-order chi connectivity index (χ1) is 15.8. The molecular formula is C24H16B2F4O3. The Kier molecular flexibility index (Phi) is 6.65. The standard InChI is InChI=1S/C24H16B2F4O3/c27-19-5-1-3-15(11-19)17-7-9-21(23(29)13-17)25(31)33-26(32)22-10-8-18(14-24(22)30)16-4-2-6-20(28)12-16/h1-14,31-32H. The lowest BCUT2D eigenvalue weighted by Gasteiger charge is -2.14. The van der Waals surface area contributed by atoms with E-state index in [0.717, 1.165) is 12.1 Å². The molecule has 0 saturated carbocycles. The molecule has 4 aromatic rings. The summed E-state index contributed by atoms with van der Waals surface area (Å²) in [6.45, 7) is 0. The third-order valence-corrected chi connectivity index (χ3v) is 5.11. The zero-order chi connectivity index (χ0) is 23.5. The van der Waals surface area contributed by atoms with Crippen molar-refractivity contribution in [3.8, 4) is 22.3 Å². The predicted octanol–water partition coefficient (Wildman–Crippen LogP) is 3.67. The third-order valence-electron chi connectivity index (χ3n) is 5.11. The van der Waals surface area contributed by atoms with E-state index < -0.39 is 37.5 Å². The van der Waals surface area contributed by atoms with E-state index in [2.05, 4.69) is 0 Å². The largest absolute Gasteiger partial charge is 0.480 e. The molecule has 164 valence electrons. The van der Waals surface area contributed by atoms with Gasteiger partial charge in [-0.1, -0.05) is 48.5 Å². The maximum Gasteiger partial charge on any atom is 0.480 e. The molecule has 0 bridgehead atoms. The highest BCUT2D eigenvalue weighted by molar-refractivity contribution is 6.73. The second-order valence-electron chi connectivity index (χ2n) is 7.33. The molecule has 4 rings (SSSR count). The molecule has 3 nitrogen and oxygen atoms in total. The maximum atomic E-state index is 14.6. The first-order valence-electron chi connectivity index (χ1n) is 9.94. The molecule has 0 aliphatic heterocycles. The molecule has 0 unspecified atom stereocenters. The summed E-state index contributed by atoms with van der Waals surface area (Å²) in [5.74, 6) is -2.65. The molecule has 0 aliphatic carbocycles. The van der Waals surface area contributed by atoms with Gasteiger partial charge in [0.2, 0.25) is 0 Å². The van der Waals surface area contributed by atoms with Crippen LogP contribution in [-0.2, 0) is 4.57 Å². The number of halogens is 4. The normalized spacial score (nSPS) is 10.8. The fourth-order valence-electron chi connectivity index (χ4n) is 3.42. The van der Waals surface area contributed by atoms with E-state index >= 15 is 0 Å². The summed E-state index contributed by atoms with van der Waals surface area (Å²) < 4.78 is 61.0. The molecule has 0 aliphatic rings. The van der Waals surface area contributed by atoms with Crippen LogP contribution in [0.25, 0.3) is 22.3 Å². The van der Waals surface area contributed by atoms with E-state index in [1.807, 2.05) is 0 Å². The SMILES string of the molecule is OB(OB(O)c1ccc(-c2cccc(F)c2)cc1F)c1ccc(-c2cccc(F)c2)cc1F. The second-order valence-corrected chi connectivity index (χ2v) is 7.33. The van der Waals surface area contributed by atoms with E-state index in [1.165, 1.54) is 60.7 Å². The number of benzene rings is 4. The minimum atomic E-state index is -1.90. The monoisotopic (exact) mass is 450 g/mol. The summed E-state index contributed by atoms with van der Waals surface area (Å²) in [7, 11) is -3.80. The van der Waals surface area contributed by atoms with E-state index in [9.17, 15) is 27.6 Å². The van der Waals surface area contributed by atoms with Crippen LogP contribution in [-0.4, -0.2) is 24.3 Å². The first-order valence-corrected chi connectivity index (χ1v) is 9.94. The van der Waals surface area contributed by atoms with Crippen molar-refractivity contribution in [1.82, 2.24) is 0 Å². The minimum absolute atomic E-state index is 0.286. The van der Waals surface area contributed by atoms with Gasteiger partial charge in [0.05, 0.1) is 0 Å². The van der Waals surface area contributed by atoms with Gasteiger partial charge in [0.15, 0.2) is 0 Å². The molecule has 0 radical (unpaired) electrons. The van der Waals surface area contributed by atoms with Gasteiger partial charge >= 0.3 is 14.2 Å². The molecule has 2 N–H and O–H groups in total. The van der Waals surface area contributed by atoms with Crippen molar-refractivity contribution < 1.29 is 32.2 Å². The zero-order valence-corrected chi connectivity index (χ0v) is 17.1. The maximum absolute atomic E-state index is 14.6. The summed E-state index contributed by atoms with van der Waals surface area (Å²) in [5.41, 5.74) is 1.06. The first kappa shape index (κ1) is 22.8. The predicted molar refractivity (Wildman–Crippen MR) is 120 cm³/mol. The Morgan fingerprint density at radius 3 is 1.27 bits per heavy atom. The van der Waals surface area contributed by atoms with E-state index in [4.69, 9.17) is 4.57 Å². The van der Waals surface area contributed by atoms with Gasteiger partial charge in [-0.2, -0.15) is 0 Å². The van der Waals surface area contributed by atoms with Crippen LogP contribution in [0.3, 0.4) is 0 Å². The number of rotatable bonds is 6. The van der Waals surface area contributed by atoms with E-state index in [0.29, 0.717) is 22.3 Å². The lowest BCUT2D eigenvalue weighted by molar-refractivity contribution is 0.376. The highest BCUT2D eigenvalue weighted by atomic mass is 19.1. The molecule has 0 amide bonds. The molecular weight excluding hydrogens is 434 g/mol. The average Bonchev–Trinajstić information content (AvgIpc) is 2.78. The Bertz CT molecular complexity index is 1200. The molecule has 0 aromatic heterocycles. The highest BCUT2D eigenvalue weighted by Crippen LogP contribution is 2.22. The van der Waals surface area contributed by atoms with Gasteiger partial charge in [0.25, 0.3) is 0 Å². The van der Waals surface area contributed by atoms with Gasteiger partial charge < -0.3 is 14.6 Å². The summed E-state index contributed by atoms with van der Waals surface area (Å²) in [6, 6.07) is 18.7. The van der Waals surface area contributed by atoms with Gasteiger partial charge in [-0.3, -0.25) is 0 Å². The third kappa shape index (κ3) is 5.17. The molecule has 0 heterocycles. The van der Waals surface area contributed by atoms with Gasteiger partial charge in [0, 0.05) is 10.9 Å². The van der Waals surface area contributed by atoms with Gasteiger partial charge in [0.1, 0.15) is 23.3 Å². The van der Waals surface area contributed by atoms with Crippen LogP contribution in [0.1, 0.15) is 0 Å². The van der Waals surface area contributed by atoms with Crippen molar-refractivity contribution in [1.29, 1.82) is 0 Å². The smallest absolute Gasteiger partial charge is 0.443 e. The minimum Gasteiger partial charge on any atom is -0.443 e. The van der Waals surface area contributed by atoms with Crippen LogP contribution in [0.5, 0.6) is 0 Å². The molecule has 0 atom stereocenters.